The van der Waals surface area contributed by atoms with Crippen molar-refractivity contribution in [3.05, 3.63) is 11.1 Å². The van der Waals surface area contributed by atoms with Crippen LogP contribution >= 0.6 is 15.9 Å². The molecule has 0 aromatic heterocycles. The van der Waals surface area contributed by atoms with Gasteiger partial charge in [0.1, 0.15) is 0 Å². The number of halogens is 1. The zero-order valence-electron chi connectivity index (χ0n) is 7.22. The van der Waals surface area contributed by atoms with Crippen molar-refractivity contribution in [3.8, 4) is 0 Å². The van der Waals surface area contributed by atoms with Gasteiger partial charge in [-0.2, -0.15) is 0 Å². The lowest BCUT2D eigenvalue weighted by Gasteiger charge is -2.09. The third-order valence-electron chi connectivity index (χ3n) is 2.26. The summed E-state index contributed by atoms with van der Waals surface area (Å²) in [6.45, 7) is 5.57. The molecule has 0 aromatic carbocycles. The number of hydrogen-bond acceptors (Lipinski definition) is 2. The Labute approximate surface area is 82.2 Å². The molecule has 0 saturated heterocycles. The van der Waals surface area contributed by atoms with Crippen LogP contribution in [-0.2, 0) is 0 Å². The maximum Gasteiger partial charge on any atom is 0.0543 e. The molecular weight excluding hydrogens is 218 g/mol. The second-order valence-electron chi connectivity index (χ2n) is 3.48. The fraction of sp³-hybridized carbons (Fsp3) is 0.778. The van der Waals surface area contributed by atoms with Crippen LogP contribution in [-0.4, -0.2) is 24.3 Å². The summed E-state index contributed by atoms with van der Waals surface area (Å²) in [6.07, 6.45) is 3.04. The summed E-state index contributed by atoms with van der Waals surface area (Å²) < 4.78 is 0.987. The molecule has 0 aliphatic heterocycles. The molecule has 3 heteroatoms. The smallest absolute Gasteiger partial charge is 0.0543 e. The standard InChI is InChI=1S/C9H16BrNO/c1-7(10)5-11-6-8-2-3-9(12)4-8/h8-9,11-12H,1-6H2. The van der Waals surface area contributed by atoms with Crippen molar-refractivity contribution in [1.82, 2.24) is 5.32 Å². The van der Waals surface area contributed by atoms with E-state index in [2.05, 4.69) is 27.8 Å². The van der Waals surface area contributed by atoms with Crippen LogP contribution in [0.25, 0.3) is 0 Å². The minimum absolute atomic E-state index is 0.0519. The first kappa shape index (κ1) is 10.2. The highest BCUT2D eigenvalue weighted by atomic mass is 79.9. The Balaban J connectivity index is 2.04. The molecule has 70 valence electrons. The summed E-state index contributed by atoms with van der Waals surface area (Å²) in [7, 11) is 0. The lowest BCUT2D eigenvalue weighted by molar-refractivity contribution is 0.177. The molecule has 2 atom stereocenters. The maximum atomic E-state index is 9.25. The second kappa shape index (κ2) is 5.00. The molecular formula is C9H16BrNO. The zero-order chi connectivity index (χ0) is 8.97. The van der Waals surface area contributed by atoms with Gasteiger partial charge in [0, 0.05) is 11.0 Å². The Morgan fingerprint density at radius 3 is 2.83 bits per heavy atom. The van der Waals surface area contributed by atoms with Gasteiger partial charge in [-0.1, -0.05) is 22.5 Å². The highest BCUT2D eigenvalue weighted by Crippen LogP contribution is 2.24. The quantitative estimate of drug-likeness (QED) is 0.775. The first-order chi connectivity index (χ1) is 5.68. The Hall–Kier alpha value is 0.140. The summed E-state index contributed by atoms with van der Waals surface area (Å²) in [5, 5.41) is 12.5. The van der Waals surface area contributed by atoms with Gasteiger partial charge in [-0.3, -0.25) is 0 Å². The van der Waals surface area contributed by atoms with Crippen LogP contribution in [0.15, 0.2) is 11.1 Å². The first-order valence-corrected chi connectivity index (χ1v) is 5.20. The van der Waals surface area contributed by atoms with Crippen LogP contribution in [0, 0.1) is 5.92 Å². The molecule has 1 aliphatic rings. The number of aliphatic hydroxyl groups is 1. The molecule has 2 unspecified atom stereocenters. The molecule has 2 N–H and O–H groups in total. The fourth-order valence-corrected chi connectivity index (χ4v) is 1.84. The molecule has 12 heavy (non-hydrogen) atoms. The third-order valence-corrected chi connectivity index (χ3v) is 2.54. The Morgan fingerprint density at radius 1 is 1.58 bits per heavy atom. The Bertz CT molecular complexity index is 161. The molecule has 0 spiro atoms. The van der Waals surface area contributed by atoms with Crippen LogP contribution in [0.4, 0.5) is 0 Å². The van der Waals surface area contributed by atoms with E-state index in [0.29, 0.717) is 5.92 Å². The van der Waals surface area contributed by atoms with E-state index in [1.54, 1.807) is 0 Å². The monoisotopic (exact) mass is 233 g/mol. The van der Waals surface area contributed by atoms with Crippen LogP contribution in [0.1, 0.15) is 19.3 Å². The van der Waals surface area contributed by atoms with Crippen molar-refractivity contribution in [3.63, 3.8) is 0 Å². The fourth-order valence-electron chi connectivity index (χ4n) is 1.65. The number of rotatable bonds is 4. The Kier molecular flexibility index (Phi) is 4.26. The normalized spacial score (nSPS) is 29.2. The number of hydrogen-bond donors (Lipinski definition) is 2. The van der Waals surface area contributed by atoms with Gasteiger partial charge in [0.15, 0.2) is 0 Å². The second-order valence-corrected chi connectivity index (χ2v) is 4.60. The van der Waals surface area contributed by atoms with Crippen LogP contribution in [0.5, 0.6) is 0 Å². The topological polar surface area (TPSA) is 32.3 Å². The van der Waals surface area contributed by atoms with Gasteiger partial charge in [0.25, 0.3) is 0 Å². The van der Waals surface area contributed by atoms with E-state index < -0.39 is 0 Å². The van der Waals surface area contributed by atoms with Gasteiger partial charge < -0.3 is 10.4 Å². The van der Waals surface area contributed by atoms with Crippen molar-refractivity contribution in [2.24, 2.45) is 5.92 Å². The predicted molar refractivity (Wildman–Crippen MR) is 54.3 cm³/mol. The van der Waals surface area contributed by atoms with Crippen molar-refractivity contribution >= 4 is 15.9 Å². The number of nitrogens with one attached hydrogen (secondary N) is 1. The summed E-state index contributed by atoms with van der Waals surface area (Å²) in [6, 6.07) is 0. The van der Waals surface area contributed by atoms with E-state index in [-0.39, 0.29) is 6.10 Å². The summed E-state index contributed by atoms with van der Waals surface area (Å²) in [4.78, 5) is 0. The largest absolute Gasteiger partial charge is 0.393 e. The van der Waals surface area contributed by atoms with E-state index in [4.69, 9.17) is 0 Å². The van der Waals surface area contributed by atoms with Crippen molar-refractivity contribution in [2.45, 2.75) is 25.4 Å². The average Bonchev–Trinajstić information content (AvgIpc) is 2.35. The lowest BCUT2D eigenvalue weighted by atomic mass is 10.1. The first-order valence-electron chi connectivity index (χ1n) is 4.40. The highest BCUT2D eigenvalue weighted by molar-refractivity contribution is 9.11. The molecule has 2 nitrogen and oxygen atoms in total. The predicted octanol–water partition coefficient (Wildman–Crippen LogP) is 1.65. The van der Waals surface area contributed by atoms with Gasteiger partial charge in [0.05, 0.1) is 6.10 Å². The molecule has 0 heterocycles. The summed E-state index contributed by atoms with van der Waals surface area (Å²) in [5.74, 6) is 0.659. The molecule has 0 bridgehead atoms. The van der Waals surface area contributed by atoms with E-state index in [0.717, 1.165) is 36.8 Å². The van der Waals surface area contributed by atoms with Gasteiger partial charge >= 0.3 is 0 Å². The van der Waals surface area contributed by atoms with E-state index in [9.17, 15) is 5.11 Å². The minimum atomic E-state index is -0.0519. The molecule has 0 aromatic rings. The van der Waals surface area contributed by atoms with Crippen LogP contribution in [0.3, 0.4) is 0 Å². The van der Waals surface area contributed by atoms with E-state index >= 15 is 0 Å². The minimum Gasteiger partial charge on any atom is -0.393 e. The van der Waals surface area contributed by atoms with Crippen LogP contribution in [0.2, 0.25) is 0 Å². The SMILES string of the molecule is C=C(Br)CNCC1CCC(O)C1. The van der Waals surface area contributed by atoms with E-state index in [1.807, 2.05) is 0 Å². The summed E-state index contributed by atoms with van der Waals surface area (Å²) in [5.41, 5.74) is 0. The molecule has 1 fully saturated rings. The van der Waals surface area contributed by atoms with Crippen molar-refractivity contribution < 1.29 is 5.11 Å². The van der Waals surface area contributed by atoms with Crippen molar-refractivity contribution in [2.75, 3.05) is 13.1 Å². The average molecular weight is 234 g/mol. The molecule has 0 amide bonds. The van der Waals surface area contributed by atoms with Gasteiger partial charge in [0.2, 0.25) is 0 Å². The van der Waals surface area contributed by atoms with Crippen molar-refractivity contribution in [1.29, 1.82) is 0 Å². The van der Waals surface area contributed by atoms with Gasteiger partial charge in [-0.15, -0.1) is 0 Å². The highest BCUT2D eigenvalue weighted by Gasteiger charge is 2.21. The third kappa shape index (κ3) is 3.70. The Morgan fingerprint density at radius 2 is 2.33 bits per heavy atom. The zero-order valence-corrected chi connectivity index (χ0v) is 8.81. The number of aliphatic hydroxyl groups excluding tert-OH is 1. The van der Waals surface area contributed by atoms with E-state index in [1.165, 1.54) is 0 Å². The molecule has 1 aliphatic carbocycles. The summed E-state index contributed by atoms with van der Waals surface area (Å²) >= 11 is 3.29. The molecule has 1 saturated carbocycles. The van der Waals surface area contributed by atoms with Crippen LogP contribution < -0.4 is 5.32 Å². The molecule has 0 radical (unpaired) electrons. The van der Waals surface area contributed by atoms with Gasteiger partial charge in [-0.05, 0) is 31.7 Å². The van der Waals surface area contributed by atoms with Gasteiger partial charge in [-0.25, -0.2) is 0 Å². The lowest BCUT2D eigenvalue weighted by Crippen LogP contribution is -2.22. The maximum absolute atomic E-state index is 9.25. The molecule has 1 rings (SSSR count).